The van der Waals surface area contributed by atoms with Gasteiger partial charge in [-0.25, -0.2) is 14.4 Å². The third-order valence-corrected chi connectivity index (χ3v) is 4.76. The molecule has 3 aromatic rings. The van der Waals surface area contributed by atoms with Crippen molar-refractivity contribution in [2.75, 3.05) is 5.32 Å². The molecule has 6 nitrogen and oxygen atoms in total. The summed E-state index contributed by atoms with van der Waals surface area (Å²) >= 11 is 0. The van der Waals surface area contributed by atoms with Crippen LogP contribution < -0.4 is 5.32 Å². The first-order valence-electron chi connectivity index (χ1n) is 8.05. The van der Waals surface area contributed by atoms with Gasteiger partial charge >= 0.3 is 5.97 Å². The van der Waals surface area contributed by atoms with Crippen LogP contribution in [0.3, 0.4) is 0 Å². The molecule has 0 spiro atoms. The molecular weight excluding hydrogens is 311 g/mol. The van der Waals surface area contributed by atoms with E-state index in [9.17, 15) is 14.3 Å². The third-order valence-electron chi connectivity index (χ3n) is 4.76. The molecule has 3 N–H and O–H groups in total. The molecule has 124 valence electrons. The Morgan fingerprint density at radius 2 is 2.12 bits per heavy atom. The molecule has 0 radical (unpaired) electrons. The molecule has 0 saturated heterocycles. The number of fused-ring (bicyclic) bond motifs is 3. The van der Waals surface area contributed by atoms with Crippen LogP contribution in [0.15, 0.2) is 24.5 Å². The topological polar surface area (TPSA) is 90.9 Å². The van der Waals surface area contributed by atoms with Crippen LogP contribution in [0.5, 0.6) is 0 Å². The van der Waals surface area contributed by atoms with Crippen molar-refractivity contribution in [2.24, 2.45) is 5.92 Å². The van der Waals surface area contributed by atoms with Gasteiger partial charge in [0, 0.05) is 11.4 Å². The van der Waals surface area contributed by atoms with Gasteiger partial charge in [0.2, 0.25) is 0 Å². The van der Waals surface area contributed by atoms with Crippen molar-refractivity contribution in [1.29, 1.82) is 0 Å². The van der Waals surface area contributed by atoms with Gasteiger partial charge in [-0.2, -0.15) is 0 Å². The number of hydrogen-bond acceptors (Lipinski definition) is 4. The van der Waals surface area contributed by atoms with Crippen molar-refractivity contribution in [3.05, 3.63) is 30.3 Å². The highest BCUT2D eigenvalue weighted by Crippen LogP contribution is 2.32. The normalized spacial score (nSPS) is 21.2. The molecule has 2 aromatic heterocycles. The predicted molar refractivity (Wildman–Crippen MR) is 88.4 cm³/mol. The Hall–Kier alpha value is -2.70. The molecule has 1 aliphatic carbocycles. The fraction of sp³-hybridized carbons (Fsp3) is 0.353. The number of aromatic amines is 1. The number of H-pyrrole nitrogens is 1. The number of aromatic nitrogens is 3. The zero-order valence-corrected chi connectivity index (χ0v) is 12.9. The number of hydrogen-bond donors (Lipinski definition) is 3. The first-order valence-corrected chi connectivity index (χ1v) is 8.05. The lowest BCUT2D eigenvalue weighted by molar-refractivity contribution is -0.143. The maximum Gasteiger partial charge on any atom is 0.308 e. The van der Waals surface area contributed by atoms with Gasteiger partial charge in [-0.1, -0.05) is 12.8 Å². The summed E-state index contributed by atoms with van der Waals surface area (Å²) in [4.78, 5) is 23.1. The van der Waals surface area contributed by atoms with Gasteiger partial charge in [0.1, 0.15) is 23.6 Å². The number of nitrogens with one attached hydrogen (secondary N) is 2. The van der Waals surface area contributed by atoms with Crippen LogP contribution in [0.2, 0.25) is 0 Å². The minimum Gasteiger partial charge on any atom is -0.481 e. The summed E-state index contributed by atoms with van der Waals surface area (Å²) in [6.45, 7) is 0. The van der Waals surface area contributed by atoms with E-state index in [4.69, 9.17) is 0 Å². The molecule has 24 heavy (non-hydrogen) atoms. The van der Waals surface area contributed by atoms with Crippen LogP contribution in [0.1, 0.15) is 25.7 Å². The maximum atomic E-state index is 13.4. The number of carboxylic acids is 1. The van der Waals surface area contributed by atoms with E-state index >= 15 is 0 Å². The van der Waals surface area contributed by atoms with Crippen LogP contribution >= 0.6 is 0 Å². The van der Waals surface area contributed by atoms with Crippen molar-refractivity contribution in [2.45, 2.75) is 31.7 Å². The van der Waals surface area contributed by atoms with Crippen molar-refractivity contribution in [1.82, 2.24) is 15.0 Å². The van der Waals surface area contributed by atoms with Crippen LogP contribution in [0.4, 0.5) is 10.2 Å². The zero-order valence-electron chi connectivity index (χ0n) is 12.9. The first-order chi connectivity index (χ1) is 11.6. The highest BCUT2D eigenvalue weighted by atomic mass is 19.1. The van der Waals surface area contributed by atoms with Gasteiger partial charge in [-0.05, 0) is 31.0 Å². The third kappa shape index (κ3) is 2.46. The van der Waals surface area contributed by atoms with Gasteiger partial charge < -0.3 is 15.4 Å². The lowest BCUT2D eigenvalue weighted by atomic mass is 9.84. The summed E-state index contributed by atoms with van der Waals surface area (Å²) in [7, 11) is 0. The largest absolute Gasteiger partial charge is 0.481 e. The minimum absolute atomic E-state index is 0.167. The number of nitrogens with zero attached hydrogens (tertiary/aromatic N) is 2. The van der Waals surface area contributed by atoms with E-state index in [1.807, 2.05) is 0 Å². The summed E-state index contributed by atoms with van der Waals surface area (Å²) in [6.07, 6.45) is 4.81. The quantitative estimate of drug-likeness (QED) is 0.686. The van der Waals surface area contributed by atoms with Crippen molar-refractivity contribution < 1.29 is 14.3 Å². The molecule has 7 heteroatoms. The van der Waals surface area contributed by atoms with E-state index in [0.717, 1.165) is 30.0 Å². The number of rotatable bonds is 3. The van der Waals surface area contributed by atoms with Gasteiger partial charge in [-0.3, -0.25) is 4.79 Å². The molecule has 0 bridgehead atoms. The summed E-state index contributed by atoms with van der Waals surface area (Å²) in [5.41, 5.74) is 1.25. The van der Waals surface area contributed by atoms with E-state index in [2.05, 4.69) is 20.3 Å². The molecule has 1 aliphatic rings. The van der Waals surface area contributed by atoms with E-state index in [-0.39, 0.29) is 11.9 Å². The molecule has 0 unspecified atom stereocenters. The monoisotopic (exact) mass is 328 g/mol. The van der Waals surface area contributed by atoms with E-state index < -0.39 is 11.9 Å². The number of carbonyl (C=O) groups is 1. The van der Waals surface area contributed by atoms with Crippen LogP contribution in [0.25, 0.3) is 21.9 Å². The van der Waals surface area contributed by atoms with E-state index in [1.54, 1.807) is 6.07 Å². The van der Waals surface area contributed by atoms with E-state index in [0.29, 0.717) is 23.4 Å². The zero-order chi connectivity index (χ0) is 16.7. The Labute approximate surface area is 137 Å². The van der Waals surface area contributed by atoms with Crippen LogP contribution in [0, 0.1) is 11.7 Å². The SMILES string of the molecule is O=C(O)[C@H]1CCCC[C@H]1Nc1ncnc2[nH]c3cc(F)ccc3c12. The molecular formula is C17H17FN4O2. The van der Waals surface area contributed by atoms with E-state index in [1.165, 1.54) is 18.5 Å². The molecule has 1 saturated carbocycles. The Bertz CT molecular complexity index is 923. The number of anilines is 1. The lowest BCUT2D eigenvalue weighted by Crippen LogP contribution is -2.37. The summed E-state index contributed by atoms with van der Waals surface area (Å²) in [5, 5.41) is 14.3. The molecule has 0 aliphatic heterocycles. The van der Waals surface area contributed by atoms with Crippen LogP contribution in [-0.4, -0.2) is 32.1 Å². The summed E-state index contributed by atoms with van der Waals surface area (Å²) in [6, 6.07) is 4.34. The van der Waals surface area contributed by atoms with Gasteiger partial charge in [-0.15, -0.1) is 0 Å². The minimum atomic E-state index is -0.779. The second kappa shape index (κ2) is 5.74. The standard InChI is InChI=1S/C17H17FN4O2/c18-9-5-6-10-13(7-9)22-16-14(10)15(19-8-20-16)21-12-4-2-1-3-11(12)17(23)24/h5-8,11-12H,1-4H2,(H,23,24)(H2,19,20,21,22)/t11-,12+/m0/s1. The fourth-order valence-corrected chi connectivity index (χ4v) is 3.59. The average Bonchev–Trinajstić information content (AvgIpc) is 2.93. The predicted octanol–water partition coefficient (Wildman–Crippen LogP) is 3.31. The smallest absolute Gasteiger partial charge is 0.308 e. The second-order valence-corrected chi connectivity index (χ2v) is 6.24. The highest BCUT2D eigenvalue weighted by molar-refractivity contribution is 6.11. The summed E-state index contributed by atoms with van der Waals surface area (Å²) in [5.74, 6) is -0.935. The number of carboxylic acid groups (broad SMARTS) is 1. The number of benzene rings is 1. The van der Waals surface area contributed by atoms with Gasteiger partial charge in [0.05, 0.1) is 16.8 Å². The Kier molecular flexibility index (Phi) is 3.55. The number of halogens is 1. The van der Waals surface area contributed by atoms with Crippen LogP contribution in [-0.2, 0) is 4.79 Å². The molecule has 2 heterocycles. The molecule has 2 atom stereocenters. The Morgan fingerprint density at radius 3 is 2.96 bits per heavy atom. The lowest BCUT2D eigenvalue weighted by Gasteiger charge is -2.29. The van der Waals surface area contributed by atoms with Gasteiger partial charge in [0.15, 0.2) is 0 Å². The van der Waals surface area contributed by atoms with Gasteiger partial charge in [0.25, 0.3) is 0 Å². The number of aliphatic carboxylic acids is 1. The fourth-order valence-electron chi connectivity index (χ4n) is 3.59. The molecule has 1 fully saturated rings. The molecule has 1 aromatic carbocycles. The average molecular weight is 328 g/mol. The highest BCUT2D eigenvalue weighted by Gasteiger charge is 2.31. The maximum absolute atomic E-state index is 13.4. The molecule has 4 rings (SSSR count). The van der Waals surface area contributed by atoms with Crippen molar-refractivity contribution >= 4 is 33.7 Å². The first kappa shape index (κ1) is 14.9. The van der Waals surface area contributed by atoms with Crippen molar-refractivity contribution in [3.8, 4) is 0 Å². The second-order valence-electron chi connectivity index (χ2n) is 6.24. The van der Waals surface area contributed by atoms with Crippen molar-refractivity contribution in [3.63, 3.8) is 0 Å². The summed E-state index contributed by atoms with van der Waals surface area (Å²) < 4.78 is 13.4. The Balaban J connectivity index is 1.78. The molecule has 0 amide bonds. The Morgan fingerprint density at radius 1 is 1.29 bits per heavy atom.